The van der Waals surface area contributed by atoms with Gasteiger partial charge in [0.1, 0.15) is 11.9 Å². The summed E-state index contributed by atoms with van der Waals surface area (Å²) in [5.74, 6) is 0.790. The third-order valence-corrected chi connectivity index (χ3v) is 2.46. The molecule has 0 saturated heterocycles. The number of anilines is 2. The Morgan fingerprint density at radius 3 is 3.00 bits per heavy atom. The Morgan fingerprint density at radius 2 is 2.29 bits per heavy atom. The summed E-state index contributed by atoms with van der Waals surface area (Å²) in [4.78, 5) is 0. The fraction of sp³-hybridized carbons (Fsp3) is 0.400. The van der Waals surface area contributed by atoms with E-state index < -0.39 is 0 Å². The lowest BCUT2D eigenvalue weighted by Gasteiger charge is -2.32. The van der Waals surface area contributed by atoms with E-state index in [0.29, 0.717) is 12.2 Å². The Balaban J connectivity index is 2.31. The van der Waals surface area contributed by atoms with Gasteiger partial charge in [-0.05, 0) is 19.1 Å². The number of fused-ring (bicyclic) bond motifs is 1. The molecule has 0 bridgehead atoms. The van der Waals surface area contributed by atoms with E-state index in [1.807, 2.05) is 18.2 Å². The standard InChI is InChI=1S/C10H15N3O/c1-6-10(5-11)14-9-4-7(12)2-3-8(9)13-6/h2-4,6,10,13H,5,11-12H2,1H3. The molecule has 2 atom stereocenters. The van der Waals surface area contributed by atoms with E-state index in [4.69, 9.17) is 16.2 Å². The van der Waals surface area contributed by atoms with Gasteiger partial charge in [-0.3, -0.25) is 0 Å². The molecule has 0 aliphatic carbocycles. The molecular weight excluding hydrogens is 178 g/mol. The second-order valence-electron chi connectivity index (χ2n) is 3.58. The lowest BCUT2D eigenvalue weighted by atomic mass is 10.1. The Kier molecular flexibility index (Phi) is 2.21. The van der Waals surface area contributed by atoms with Gasteiger partial charge < -0.3 is 21.5 Å². The zero-order chi connectivity index (χ0) is 10.1. The third kappa shape index (κ3) is 1.48. The summed E-state index contributed by atoms with van der Waals surface area (Å²) < 4.78 is 5.71. The largest absolute Gasteiger partial charge is 0.485 e. The zero-order valence-electron chi connectivity index (χ0n) is 8.16. The second kappa shape index (κ2) is 3.38. The summed E-state index contributed by atoms with van der Waals surface area (Å²) in [7, 11) is 0. The zero-order valence-corrected chi connectivity index (χ0v) is 8.16. The van der Waals surface area contributed by atoms with Crippen LogP contribution in [0.25, 0.3) is 0 Å². The van der Waals surface area contributed by atoms with Gasteiger partial charge >= 0.3 is 0 Å². The highest BCUT2D eigenvalue weighted by Gasteiger charge is 2.24. The Hall–Kier alpha value is -1.42. The van der Waals surface area contributed by atoms with E-state index >= 15 is 0 Å². The molecule has 0 aromatic heterocycles. The van der Waals surface area contributed by atoms with E-state index in [9.17, 15) is 0 Å². The molecule has 14 heavy (non-hydrogen) atoms. The summed E-state index contributed by atoms with van der Waals surface area (Å²) in [6, 6.07) is 5.83. The summed E-state index contributed by atoms with van der Waals surface area (Å²) in [6.45, 7) is 2.55. The smallest absolute Gasteiger partial charge is 0.145 e. The predicted octanol–water partition coefficient (Wildman–Crippen LogP) is 0.789. The molecule has 4 heteroatoms. The predicted molar refractivity (Wildman–Crippen MR) is 57.4 cm³/mol. The van der Waals surface area contributed by atoms with Gasteiger partial charge in [0.25, 0.3) is 0 Å². The number of hydrogen-bond acceptors (Lipinski definition) is 4. The second-order valence-corrected chi connectivity index (χ2v) is 3.58. The van der Waals surface area contributed by atoms with Gasteiger partial charge in [0, 0.05) is 18.3 Å². The normalized spacial score (nSPS) is 24.7. The Bertz CT molecular complexity index is 340. The van der Waals surface area contributed by atoms with Gasteiger partial charge in [-0.2, -0.15) is 0 Å². The summed E-state index contributed by atoms with van der Waals surface area (Å²) in [5.41, 5.74) is 12.9. The van der Waals surface area contributed by atoms with E-state index in [1.165, 1.54) is 0 Å². The molecule has 0 fully saturated rings. The lowest BCUT2D eigenvalue weighted by molar-refractivity contribution is 0.182. The van der Waals surface area contributed by atoms with Gasteiger partial charge in [-0.1, -0.05) is 0 Å². The lowest BCUT2D eigenvalue weighted by Crippen LogP contribution is -2.44. The van der Waals surface area contributed by atoms with Crippen LogP contribution in [-0.4, -0.2) is 18.7 Å². The summed E-state index contributed by atoms with van der Waals surface area (Å²) in [6.07, 6.45) is 0.0179. The molecule has 0 amide bonds. The van der Waals surface area contributed by atoms with Gasteiger partial charge in [0.05, 0.1) is 11.7 Å². The summed E-state index contributed by atoms with van der Waals surface area (Å²) in [5, 5.41) is 3.33. The highest BCUT2D eigenvalue weighted by molar-refractivity contribution is 5.64. The molecule has 2 unspecified atom stereocenters. The quantitative estimate of drug-likeness (QED) is 0.576. The first-order chi connectivity index (χ1) is 6.70. The van der Waals surface area contributed by atoms with E-state index in [0.717, 1.165) is 11.4 Å². The number of rotatable bonds is 1. The van der Waals surface area contributed by atoms with Crippen molar-refractivity contribution < 1.29 is 4.74 Å². The molecule has 0 saturated carbocycles. The maximum Gasteiger partial charge on any atom is 0.145 e. The Morgan fingerprint density at radius 1 is 1.50 bits per heavy atom. The number of nitrogen functional groups attached to an aromatic ring is 1. The van der Waals surface area contributed by atoms with Gasteiger partial charge in [0.2, 0.25) is 0 Å². The van der Waals surface area contributed by atoms with E-state index in [2.05, 4.69) is 12.2 Å². The molecule has 0 radical (unpaired) electrons. The van der Waals surface area contributed by atoms with Crippen LogP contribution in [-0.2, 0) is 0 Å². The number of benzene rings is 1. The van der Waals surface area contributed by atoms with Crippen molar-refractivity contribution in [1.29, 1.82) is 0 Å². The van der Waals surface area contributed by atoms with Gasteiger partial charge in [-0.15, -0.1) is 0 Å². The molecule has 1 heterocycles. The minimum atomic E-state index is 0.0179. The van der Waals surface area contributed by atoms with E-state index in [-0.39, 0.29) is 12.1 Å². The highest BCUT2D eigenvalue weighted by atomic mass is 16.5. The monoisotopic (exact) mass is 193 g/mol. The van der Waals surface area contributed by atoms with Gasteiger partial charge in [-0.25, -0.2) is 0 Å². The van der Waals surface area contributed by atoms with Crippen LogP contribution >= 0.6 is 0 Å². The molecule has 76 valence electrons. The van der Waals surface area contributed by atoms with Crippen LogP contribution in [0.3, 0.4) is 0 Å². The van der Waals surface area contributed by atoms with Crippen molar-refractivity contribution >= 4 is 11.4 Å². The molecule has 1 aromatic carbocycles. The maximum atomic E-state index is 5.71. The van der Waals surface area contributed by atoms with Crippen molar-refractivity contribution in [2.45, 2.75) is 19.1 Å². The van der Waals surface area contributed by atoms with Crippen molar-refractivity contribution in [2.75, 3.05) is 17.6 Å². The highest BCUT2D eigenvalue weighted by Crippen LogP contribution is 2.32. The molecule has 2 rings (SSSR count). The number of nitrogens with one attached hydrogen (secondary N) is 1. The molecule has 4 nitrogen and oxygen atoms in total. The fourth-order valence-electron chi connectivity index (χ4n) is 1.61. The molecule has 1 aliphatic rings. The molecule has 0 spiro atoms. The van der Waals surface area contributed by atoms with Crippen LogP contribution in [0.4, 0.5) is 11.4 Å². The first kappa shape index (κ1) is 9.15. The number of ether oxygens (including phenoxy) is 1. The van der Waals surface area contributed by atoms with Crippen LogP contribution in [0.5, 0.6) is 5.75 Å². The van der Waals surface area contributed by atoms with Crippen molar-refractivity contribution in [2.24, 2.45) is 5.73 Å². The van der Waals surface area contributed by atoms with Crippen LogP contribution < -0.4 is 21.5 Å². The Labute approximate surface area is 83.2 Å². The SMILES string of the molecule is CC1Nc2ccc(N)cc2OC1CN. The van der Waals surface area contributed by atoms with Gasteiger partial charge in [0.15, 0.2) is 0 Å². The van der Waals surface area contributed by atoms with Crippen LogP contribution in [0.1, 0.15) is 6.92 Å². The average Bonchev–Trinajstić information content (AvgIpc) is 2.17. The molecule has 5 N–H and O–H groups in total. The number of hydrogen-bond donors (Lipinski definition) is 3. The molecular formula is C10H15N3O. The van der Waals surface area contributed by atoms with Crippen LogP contribution in [0, 0.1) is 0 Å². The minimum Gasteiger partial charge on any atom is -0.485 e. The van der Waals surface area contributed by atoms with Crippen molar-refractivity contribution in [3.8, 4) is 5.75 Å². The summed E-state index contributed by atoms with van der Waals surface area (Å²) >= 11 is 0. The van der Waals surface area contributed by atoms with Crippen molar-refractivity contribution in [3.63, 3.8) is 0 Å². The fourth-order valence-corrected chi connectivity index (χ4v) is 1.61. The van der Waals surface area contributed by atoms with E-state index in [1.54, 1.807) is 0 Å². The van der Waals surface area contributed by atoms with Crippen LogP contribution in [0.2, 0.25) is 0 Å². The molecule has 1 aliphatic heterocycles. The average molecular weight is 193 g/mol. The number of nitrogens with two attached hydrogens (primary N) is 2. The third-order valence-electron chi connectivity index (χ3n) is 2.46. The maximum absolute atomic E-state index is 5.71. The van der Waals surface area contributed by atoms with Crippen LogP contribution in [0.15, 0.2) is 18.2 Å². The van der Waals surface area contributed by atoms with Crippen molar-refractivity contribution in [1.82, 2.24) is 0 Å². The van der Waals surface area contributed by atoms with Crippen molar-refractivity contribution in [3.05, 3.63) is 18.2 Å². The minimum absolute atomic E-state index is 0.0179. The molecule has 1 aromatic rings. The first-order valence-corrected chi connectivity index (χ1v) is 4.73. The topological polar surface area (TPSA) is 73.3 Å². The first-order valence-electron chi connectivity index (χ1n) is 4.73.